The fourth-order valence-electron chi connectivity index (χ4n) is 1.72. The van der Waals surface area contributed by atoms with Gasteiger partial charge in [-0.3, -0.25) is 5.10 Å². The minimum atomic E-state index is 0.717. The van der Waals surface area contributed by atoms with E-state index in [1.54, 1.807) is 11.3 Å². The minimum Gasteiger partial charge on any atom is -0.258 e. The highest BCUT2D eigenvalue weighted by molar-refractivity contribution is 9.10. The summed E-state index contributed by atoms with van der Waals surface area (Å²) in [6.07, 6.45) is 0. The minimum absolute atomic E-state index is 0.717. The Morgan fingerprint density at radius 3 is 2.94 bits per heavy atom. The molecule has 2 aromatic heterocycles. The van der Waals surface area contributed by atoms with Crippen molar-refractivity contribution >= 4 is 27.3 Å². The number of aromatic nitrogens is 3. The highest BCUT2D eigenvalue weighted by Crippen LogP contribution is 2.28. The Morgan fingerprint density at radius 1 is 1.28 bits per heavy atom. The van der Waals surface area contributed by atoms with Gasteiger partial charge < -0.3 is 0 Å². The smallest absolute Gasteiger partial charge is 0.182 e. The second-order valence-electron chi connectivity index (χ2n) is 3.97. The maximum Gasteiger partial charge on any atom is 0.182 e. The zero-order valence-corrected chi connectivity index (χ0v) is 12.0. The Balaban J connectivity index is 2.05. The SMILES string of the molecule is Cc1ccc(Br)c(-c2n[nH]c(-c3cccs3)n2)c1. The maximum absolute atomic E-state index is 4.54. The first-order valence-corrected chi connectivity index (χ1v) is 7.14. The molecule has 0 amide bonds. The molecule has 5 heteroatoms. The number of H-pyrrole nitrogens is 1. The van der Waals surface area contributed by atoms with Crippen LogP contribution in [-0.2, 0) is 0 Å². The molecule has 0 bridgehead atoms. The van der Waals surface area contributed by atoms with E-state index < -0.39 is 0 Å². The van der Waals surface area contributed by atoms with Crippen molar-refractivity contribution in [2.75, 3.05) is 0 Å². The molecule has 18 heavy (non-hydrogen) atoms. The summed E-state index contributed by atoms with van der Waals surface area (Å²) in [5, 5.41) is 9.29. The molecule has 0 spiro atoms. The molecule has 3 nitrogen and oxygen atoms in total. The van der Waals surface area contributed by atoms with Crippen molar-refractivity contribution in [3.05, 3.63) is 45.7 Å². The average Bonchev–Trinajstić information content (AvgIpc) is 3.00. The second-order valence-corrected chi connectivity index (χ2v) is 5.77. The van der Waals surface area contributed by atoms with Crippen LogP contribution in [0.1, 0.15) is 5.56 Å². The van der Waals surface area contributed by atoms with E-state index in [0.717, 1.165) is 20.7 Å². The van der Waals surface area contributed by atoms with Gasteiger partial charge in [0.1, 0.15) is 0 Å². The van der Waals surface area contributed by atoms with Crippen molar-refractivity contribution in [3.63, 3.8) is 0 Å². The third kappa shape index (κ3) is 2.11. The lowest BCUT2D eigenvalue weighted by Gasteiger charge is -2.00. The number of aromatic amines is 1. The first kappa shape index (κ1) is 11.6. The summed E-state index contributed by atoms with van der Waals surface area (Å²) in [7, 11) is 0. The second kappa shape index (κ2) is 4.66. The van der Waals surface area contributed by atoms with Gasteiger partial charge in [0.05, 0.1) is 4.88 Å². The number of nitrogens with one attached hydrogen (secondary N) is 1. The Bertz CT molecular complexity index is 673. The largest absolute Gasteiger partial charge is 0.258 e. The summed E-state index contributed by atoms with van der Waals surface area (Å²) in [6, 6.07) is 10.2. The molecule has 90 valence electrons. The molecule has 3 rings (SSSR count). The molecule has 1 N–H and O–H groups in total. The van der Waals surface area contributed by atoms with Crippen LogP contribution in [0.5, 0.6) is 0 Å². The molecule has 0 aliphatic heterocycles. The van der Waals surface area contributed by atoms with Crippen LogP contribution in [0.3, 0.4) is 0 Å². The van der Waals surface area contributed by atoms with E-state index in [0.29, 0.717) is 5.82 Å². The first-order valence-electron chi connectivity index (χ1n) is 5.47. The summed E-state index contributed by atoms with van der Waals surface area (Å²) in [6.45, 7) is 2.06. The van der Waals surface area contributed by atoms with Crippen LogP contribution in [0.25, 0.3) is 22.1 Å². The zero-order chi connectivity index (χ0) is 12.5. The fourth-order valence-corrected chi connectivity index (χ4v) is 2.80. The Morgan fingerprint density at radius 2 is 2.17 bits per heavy atom. The number of nitrogens with zero attached hydrogens (tertiary/aromatic N) is 2. The lowest BCUT2D eigenvalue weighted by atomic mass is 10.1. The van der Waals surface area contributed by atoms with Gasteiger partial charge in [0.2, 0.25) is 0 Å². The molecule has 0 saturated heterocycles. The van der Waals surface area contributed by atoms with Crippen molar-refractivity contribution in [3.8, 4) is 22.1 Å². The third-order valence-corrected chi connectivity index (χ3v) is 4.17. The van der Waals surface area contributed by atoms with E-state index in [-0.39, 0.29) is 0 Å². The standard InChI is InChI=1S/C13H10BrN3S/c1-8-4-5-10(14)9(7-8)12-15-13(17-16-12)11-3-2-6-18-11/h2-7H,1H3,(H,15,16,17). The molecule has 1 aromatic carbocycles. The molecule has 0 aliphatic rings. The highest BCUT2D eigenvalue weighted by atomic mass is 79.9. The van der Waals surface area contributed by atoms with Gasteiger partial charge in [0.25, 0.3) is 0 Å². The van der Waals surface area contributed by atoms with Gasteiger partial charge in [-0.25, -0.2) is 4.98 Å². The number of thiophene rings is 1. The van der Waals surface area contributed by atoms with Crippen LogP contribution in [0.4, 0.5) is 0 Å². The van der Waals surface area contributed by atoms with E-state index in [4.69, 9.17) is 0 Å². The average molecular weight is 320 g/mol. The summed E-state index contributed by atoms with van der Waals surface area (Å²) in [5.74, 6) is 1.53. The van der Waals surface area contributed by atoms with Gasteiger partial charge in [0.15, 0.2) is 11.6 Å². The van der Waals surface area contributed by atoms with Crippen LogP contribution in [0.2, 0.25) is 0 Å². The molecule has 3 aromatic rings. The lowest BCUT2D eigenvalue weighted by molar-refractivity contribution is 1.10. The van der Waals surface area contributed by atoms with Crippen molar-refractivity contribution in [2.45, 2.75) is 6.92 Å². The summed E-state index contributed by atoms with van der Waals surface area (Å²) >= 11 is 5.18. The van der Waals surface area contributed by atoms with Gasteiger partial charge in [-0.2, -0.15) is 5.10 Å². The molecule has 0 fully saturated rings. The van der Waals surface area contributed by atoms with E-state index >= 15 is 0 Å². The zero-order valence-electron chi connectivity index (χ0n) is 9.64. The first-order chi connectivity index (χ1) is 8.74. The van der Waals surface area contributed by atoms with Crippen LogP contribution in [0, 0.1) is 6.92 Å². The van der Waals surface area contributed by atoms with Crippen molar-refractivity contribution < 1.29 is 0 Å². The van der Waals surface area contributed by atoms with E-state index in [2.05, 4.69) is 50.2 Å². The van der Waals surface area contributed by atoms with Crippen LogP contribution < -0.4 is 0 Å². The van der Waals surface area contributed by atoms with Crippen LogP contribution >= 0.6 is 27.3 Å². The van der Waals surface area contributed by atoms with E-state index in [1.165, 1.54) is 5.56 Å². The molecular formula is C13H10BrN3S. The van der Waals surface area contributed by atoms with Crippen molar-refractivity contribution in [1.82, 2.24) is 15.2 Å². The quantitative estimate of drug-likeness (QED) is 0.766. The molecular weight excluding hydrogens is 310 g/mol. The normalized spacial score (nSPS) is 10.8. The molecule has 0 radical (unpaired) electrons. The molecule has 2 heterocycles. The van der Waals surface area contributed by atoms with Gasteiger partial charge in [-0.05, 0) is 30.5 Å². The predicted molar refractivity (Wildman–Crippen MR) is 77.6 cm³/mol. The monoisotopic (exact) mass is 319 g/mol. The molecule has 0 atom stereocenters. The van der Waals surface area contributed by atoms with E-state index in [1.807, 2.05) is 23.6 Å². The van der Waals surface area contributed by atoms with Crippen LogP contribution in [0.15, 0.2) is 40.2 Å². The number of hydrogen-bond donors (Lipinski definition) is 1. The summed E-state index contributed by atoms with van der Waals surface area (Å²) in [4.78, 5) is 5.63. The number of rotatable bonds is 2. The number of halogens is 1. The number of aryl methyl sites for hydroxylation is 1. The molecule has 0 saturated carbocycles. The van der Waals surface area contributed by atoms with Gasteiger partial charge >= 0.3 is 0 Å². The molecule has 0 unspecified atom stereocenters. The summed E-state index contributed by atoms with van der Waals surface area (Å²) < 4.78 is 1.00. The predicted octanol–water partition coefficient (Wildman–Crippen LogP) is 4.27. The highest BCUT2D eigenvalue weighted by Gasteiger charge is 2.11. The van der Waals surface area contributed by atoms with E-state index in [9.17, 15) is 0 Å². The maximum atomic E-state index is 4.54. The van der Waals surface area contributed by atoms with Gasteiger partial charge in [-0.15, -0.1) is 11.3 Å². The Kier molecular flexibility index (Phi) is 3.01. The third-order valence-electron chi connectivity index (χ3n) is 2.60. The van der Waals surface area contributed by atoms with Crippen LogP contribution in [-0.4, -0.2) is 15.2 Å². The van der Waals surface area contributed by atoms with Gasteiger partial charge in [0, 0.05) is 10.0 Å². The van der Waals surface area contributed by atoms with Crippen molar-refractivity contribution in [1.29, 1.82) is 0 Å². The number of benzene rings is 1. The Hall–Kier alpha value is -1.46. The fraction of sp³-hybridized carbons (Fsp3) is 0.0769. The topological polar surface area (TPSA) is 41.6 Å². The molecule has 0 aliphatic carbocycles. The van der Waals surface area contributed by atoms with Gasteiger partial charge in [-0.1, -0.05) is 33.6 Å². The Labute approximate surface area is 117 Å². The lowest BCUT2D eigenvalue weighted by Crippen LogP contribution is -1.84. The summed E-state index contributed by atoms with van der Waals surface area (Å²) in [5.41, 5.74) is 2.20. The number of hydrogen-bond acceptors (Lipinski definition) is 3. The van der Waals surface area contributed by atoms with Crippen molar-refractivity contribution in [2.24, 2.45) is 0 Å².